The predicted molar refractivity (Wildman–Crippen MR) is 221 cm³/mol. The van der Waals surface area contributed by atoms with Crippen molar-refractivity contribution < 1.29 is 57.5 Å². The first-order valence-electron chi connectivity index (χ1n) is 20.9. The summed E-state index contributed by atoms with van der Waals surface area (Å²) >= 11 is 0. The molecule has 0 aliphatic carbocycles. The highest BCUT2D eigenvalue weighted by Crippen LogP contribution is 2.44. The first-order chi connectivity index (χ1) is 30.1. The summed E-state index contributed by atoms with van der Waals surface area (Å²) in [6.45, 7) is 10.2. The monoisotopic (exact) mass is 858 g/mol. The van der Waals surface area contributed by atoms with Gasteiger partial charge >= 0.3 is 5.97 Å². The van der Waals surface area contributed by atoms with Crippen molar-refractivity contribution in [3.63, 3.8) is 0 Å². The Morgan fingerprint density at radius 1 is 0.903 bits per heavy atom. The second-order valence-electron chi connectivity index (χ2n) is 15.0. The topological polar surface area (TPSA) is 210 Å². The predicted octanol–water partition coefficient (Wildman–Crippen LogP) is 2.76. The average molecular weight is 859 g/mol. The molecule has 2 N–H and O–H groups in total. The number of imide groups is 1. The minimum atomic E-state index is -1.04. The molecular weight excluding hydrogens is 805 g/mol. The van der Waals surface area contributed by atoms with Gasteiger partial charge in [0.05, 0.1) is 90.5 Å². The Balaban J connectivity index is 0.769. The van der Waals surface area contributed by atoms with E-state index in [9.17, 15) is 29.1 Å². The molecule has 3 aliphatic heterocycles. The van der Waals surface area contributed by atoms with Crippen LogP contribution in [0.1, 0.15) is 89.2 Å². The maximum absolute atomic E-state index is 13.0. The van der Waals surface area contributed by atoms with Crippen LogP contribution in [0.2, 0.25) is 0 Å². The molecule has 0 radical (unpaired) electrons. The van der Waals surface area contributed by atoms with E-state index < -0.39 is 17.9 Å². The summed E-state index contributed by atoms with van der Waals surface area (Å²) in [5, 5.41) is 20.6. The van der Waals surface area contributed by atoms with E-state index in [4.69, 9.17) is 28.4 Å². The van der Waals surface area contributed by atoms with Gasteiger partial charge in [-0.15, -0.1) is 5.10 Å². The lowest BCUT2D eigenvalue weighted by molar-refractivity contribution is -0.137. The highest BCUT2D eigenvalue weighted by atomic mass is 16.6. The van der Waals surface area contributed by atoms with Gasteiger partial charge in [0.15, 0.2) is 0 Å². The van der Waals surface area contributed by atoms with Crippen molar-refractivity contribution >= 4 is 35.3 Å². The molecule has 4 heterocycles. The number of fused-ring (bicyclic) bond motifs is 2. The number of nitrogens with zero attached hydrogens (tertiary/aromatic N) is 5. The minimum Gasteiger partial charge on any atom is -0.478 e. The van der Waals surface area contributed by atoms with Crippen molar-refractivity contribution in [1.82, 2.24) is 25.2 Å². The molecule has 18 heteroatoms. The molecule has 4 amide bonds. The number of piperidine rings is 1. The molecule has 1 fully saturated rings. The fourth-order valence-electron chi connectivity index (χ4n) is 8.04. The van der Waals surface area contributed by atoms with Crippen molar-refractivity contribution in [2.45, 2.75) is 71.3 Å². The van der Waals surface area contributed by atoms with E-state index in [1.165, 1.54) is 17.9 Å². The first-order valence-corrected chi connectivity index (χ1v) is 20.9. The van der Waals surface area contributed by atoms with Crippen molar-refractivity contribution in [3.05, 3.63) is 76.1 Å². The summed E-state index contributed by atoms with van der Waals surface area (Å²) in [5.41, 5.74) is 4.15. The first kappa shape index (κ1) is 46.0. The molecule has 3 aliphatic rings. The molecule has 1 saturated heterocycles. The Labute approximate surface area is 360 Å². The molecule has 3 unspecified atom stereocenters. The smallest absolute Gasteiger partial charge is 0.335 e. The second-order valence-corrected chi connectivity index (χ2v) is 15.0. The number of hydrogen-bond acceptors (Lipinski definition) is 13. The van der Waals surface area contributed by atoms with E-state index in [-0.39, 0.29) is 67.5 Å². The van der Waals surface area contributed by atoms with Crippen molar-refractivity contribution in [1.29, 1.82) is 0 Å². The Bertz CT molecular complexity index is 2130. The van der Waals surface area contributed by atoms with Crippen LogP contribution in [0.5, 0.6) is 0 Å². The van der Waals surface area contributed by atoms with E-state index in [0.29, 0.717) is 101 Å². The molecule has 1 aromatic heterocycles. The van der Waals surface area contributed by atoms with E-state index in [1.54, 1.807) is 40.0 Å². The molecular formula is C44H54N6O12. The quantitative estimate of drug-likeness (QED) is 0.0846. The van der Waals surface area contributed by atoms with Gasteiger partial charge in [-0.3, -0.25) is 24.5 Å². The van der Waals surface area contributed by atoms with Crippen LogP contribution in [-0.2, 0) is 56.0 Å². The third kappa shape index (κ3) is 11.5. The van der Waals surface area contributed by atoms with Gasteiger partial charge in [0, 0.05) is 54.2 Å². The van der Waals surface area contributed by atoms with Crippen molar-refractivity contribution in [3.8, 4) is 11.8 Å². The number of aromatic nitrogens is 3. The maximum atomic E-state index is 13.0. The second kappa shape index (κ2) is 22.5. The van der Waals surface area contributed by atoms with E-state index >= 15 is 0 Å². The van der Waals surface area contributed by atoms with E-state index in [1.807, 2.05) is 19.9 Å². The maximum Gasteiger partial charge on any atom is 0.335 e. The van der Waals surface area contributed by atoms with Gasteiger partial charge in [0.25, 0.3) is 5.91 Å². The lowest BCUT2D eigenvalue weighted by atomic mass is 9.80. The number of anilines is 1. The Kier molecular flexibility index (Phi) is 16.7. The average Bonchev–Trinajstić information content (AvgIpc) is 3.86. The zero-order valence-electron chi connectivity index (χ0n) is 35.3. The fourth-order valence-corrected chi connectivity index (χ4v) is 8.04. The van der Waals surface area contributed by atoms with Gasteiger partial charge in [0.2, 0.25) is 17.7 Å². The number of ether oxygens (including phenoxy) is 6. The summed E-state index contributed by atoms with van der Waals surface area (Å²) in [4.78, 5) is 64.6. The van der Waals surface area contributed by atoms with Crippen LogP contribution >= 0.6 is 0 Å². The molecule has 3 aromatic rings. The molecule has 0 saturated carbocycles. The van der Waals surface area contributed by atoms with Gasteiger partial charge in [0.1, 0.15) is 18.3 Å². The number of rotatable bonds is 22. The minimum absolute atomic E-state index is 0.0612. The third-order valence-electron chi connectivity index (χ3n) is 11.0. The van der Waals surface area contributed by atoms with Crippen LogP contribution in [0.3, 0.4) is 0 Å². The van der Waals surface area contributed by atoms with Crippen LogP contribution in [0.25, 0.3) is 0 Å². The van der Waals surface area contributed by atoms with E-state index in [2.05, 4.69) is 27.5 Å². The Hall–Kier alpha value is -5.55. The van der Waals surface area contributed by atoms with Gasteiger partial charge < -0.3 is 43.3 Å². The number of carboxylic acids is 1. The fraction of sp³-hybridized carbons (Fsp3) is 0.523. The number of carbonyl (C=O) groups excluding carboxylic acids is 4. The molecule has 332 valence electrons. The van der Waals surface area contributed by atoms with Crippen LogP contribution < -0.4 is 10.2 Å². The number of nitrogens with one attached hydrogen (secondary N) is 1. The van der Waals surface area contributed by atoms with Crippen LogP contribution in [0.15, 0.2) is 42.6 Å². The van der Waals surface area contributed by atoms with Gasteiger partial charge in [-0.1, -0.05) is 37.0 Å². The Morgan fingerprint density at radius 3 is 2.19 bits per heavy atom. The number of carboxylic acid groups (broad SMARTS) is 1. The zero-order valence-corrected chi connectivity index (χ0v) is 35.3. The highest BCUT2D eigenvalue weighted by molar-refractivity contribution is 6.05. The number of amides is 4. The molecule has 0 spiro atoms. The molecule has 0 bridgehead atoms. The highest BCUT2D eigenvalue weighted by Gasteiger charge is 2.42. The van der Waals surface area contributed by atoms with Gasteiger partial charge in [-0.05, 0) is 48.7 Å². The molecule has 18 nitrogen and oxygen atoms in total. The number of aromatic carboxylic acids is 1. The SMILES string of the molecule is CCC1C(C)[C@H](n2cc(COCCOCCOCCOCCOCCOCC#Cc3cccc4c3CN(C3CCC(=O)NC3=O)C4=O)nn2)c2cc(C(=O)O)ccc2N1C(C)=O. The van der Waals surface area contributed by atoms with Crippen molar-refractivity contribution in [2.24, 2.45) is 5.92 Å². The summed E-state index contributed by atoms with van der Waals surface area (Å²) in [7, 11) is 0. The van der Waals surface area contributed by atoms with Gasteiger partial charge in [-0.2, -0.15) is 0 Å². The summed E-state index contributed by atoms with van der Waals surface area (Å²) in [5.74, 6) is 3.84. The van der Waals surface area contributed by atoms with Gasteiger partial charge in [-0.25, -0.2) is 9.48 Å². The lowest BCUT2D eigenvalue weighted by Gasteiger charge is -2.44. The standard InChI is InChI=1S/C44H54N6O12/c1-4-37-29(2)41(35-25-32(44(55)56)10-11-38(35)50(37)30(3)51)49-26-33(46-47-49)28-62-24-23-61-22-21-60-20-19-59-18-17-58-16-15-57-14-6-8-31-7-5-9-34-36(31)27-48(43(34)54)39-12-13-40(52)45-42(39)53/h5,7,9-11,25-26,29,37,39,41H,4,12-24,27-28H2,1-3H3,(H,55,56)(H,45,52,53)/t29?,37?,39?,41-/m0/s1. The summed E-state index contributed by atoms with van der Waals surface area (Å²) in [6.07, 6.45) is 3.03. The van der Waals surface area contributed by atoms with Crippen LogP contribution in [-0.4, -0.2) is 139 Å². The lowest BCUT2D eigenvalue weighted by Crippen LogP contribution is -2.52. The molecule has 4 atom stereocenters. The number of carbonyl (C=O) groups is 5. The Morgan fingerprint density at radius 2 is 1.56 bits per heavy atom. The van der Waals surface area contributed by atoms with Crippen molar-refractivity contribution in [2.75, 3.05) is 77.6 Å². The number of hydrogen-bond donors (Lipinski definition) is 2. The number of benzene rings is 2. The van der Waals surface area contributed by atoms with E-state index in [0.717, 1.165) is 12.0 Å². The van der Waals surface area contributed by atoms with Crippen LogP contribution in [0.4, 0.5) is 5.69 Å². The summed E-state index contributed by atoms with van der Waals surface area (Å²) in [6, 6.07) is 9.09. The largest absolute Gasteiger partial charge is 0.478 e. The molecule has 6 rings (SSSR count). The third-order valence-corrected chi connectivity index (χ3v) is 11.0. The normalized spacial score (nSPS) is 19.5. The summed E-state index contributed by atoms with van der Waals surface area (Å²) < 4.78 is 35.3. The molecule has 2 aromatic carbocycles. The van der Waals surface area contributed by atoms with Crippen LogP contribution in [0, 0.1) is 17.8 Å². The molecule has 62 heavy (non-hydrogen) atoms. The zero-order chi connectivity index (χ0) is 44.0.